The Hall–Kier alpha value is -2.62. The fourth-order valence-corrected chi connectivity index (χ4v) is 3.08. The fraction of sp³-hybridized carbons (Fsp3) is 0.353. The smallest absolute Gasteiger partial charge is 0.441 e. The van der Waals surface area contributed by atoms with Crippen LogP contribution >= 0.6 is 11.6 Å². The lowest BCUT2D eigenvalue weighted by molar-refractivity contribution is -0.0888. The van der Waals surface area contributed by atoms with Crippen LogP contribution in [0.3, 0.4) is 0 Å². The van der Waals surface area contributed by atoms with Gasteiger partial charge >= 0.3 is 12.1 Å². The first-order valence-electron chi connectivity index (χ1n) is 8.29. The van der Waals surface area contributed by atoms with Crippen LogP contribution in [-0.2, 0) is 16.0 Å². The van der Waals surface area contributed by atoms with Crippen molar-refractivity contribution in [3.05, 3.63) is 52.6 Å². The summed E-state index contributed by atoms with van der Waals surface area (Å²) in [4.78, 5) is 8.33. The summed E-state index contributed by atoms with van der Waals surface area (Å²) in [6.45, 7) is 1.39. The number of hydrogen-bond acceptors (Lipinski definition) is 6. The summed E-state index contributed by atoms with van der Waals surface area (Å²) < 4.78 is 56.5. The minimum atomic E-state index is -4.69. The van der Waals surface area contributed by atoms with Gasteiger partial charge in [-0.3, -0.25) is 5.43 Å². The average Bonchev–Trinajstić information content (AvgIpc) is 3.29. The van der Waals surface area contributed by atoms with Crippen molar-refractivity contribution in [1.82, 2.24) is 15.4 Å². The van der Waals surface area contributed by atoms with E-state index < -0.39 is 29.2 Å². The van der Waals surface area contributed by atoms with E-state index in [0.29, 0.717) is 0 Å². The SMILES string of the molecule is CC1(c2cnc(NC3(c4ccc(F)c(Cl)c4)CC3)nc2)NN=C(C(F)(F)F)O1. The molecular formula is C17H14ClF4N5O. The molecule has 0 radical (unpaired) electrons. The maximum Gasteiger partial charge on any atom is 0.470 e. The van der Waals surface area contributed by atoms with E-state index in [2.05, 4.69) is 25.8 Å². The molecule has 11 heteroatoms. The fourth-order valence-electron chi connectivity index (χ4n) is 2.90. The van der Waals surface area contributed by atoms with Gasteiger partial charge < -0.3 is 10.1 Å². The second kappa shape index (κ2) is 6.20. The summed E-state index contributed by atoms with van der Waals surface area (Å²) in [6, 6.07) is 4.49. The van der Waals surface area contributed by atoms with Crippen LogP contribution in [0, 0.1) is 5.82 Å². The Morgan fingerprint density at radius 1 is 1.18 bits per heavy atom. The van der Waals surface area contributed by atoms with Crippen molar-refractivity contribution >= 4 is 23.4 Å². The molecule has 2 aliphatic rings. The van der Waals surface area contributed by atoms with Crippen LogP contribution < -0.4 is 10.7 Å². The van der Waals surface area contributed by atoms with Crippen molar-refractivity contribution in [2.75, 3.05) is 5.32 Å². The van der Waals surface area contributed by atoms with Crippen molar-refractivity contribution in [3.63, 3.8) is 0 Å². The number of hydrazone groups is 1. The Kier molecular flexibility index (Phi) is 4.14. The topological polar surface area (TPSA) is 71.4 Å². The van der Waals surface area contributed by atoms with E-state index in [-0.39, 0.29) is 16.5 Å². The Bertz CT molecular complexity index is 946. The molecule has 0 spiro atoms. The number of nitrogens with one attached hydrogen (secondary N) is 2. The maximum atomic E-state index is 13.4. The lowest BCUT2D eigenvalue weighted by Crippen LogP contribution is -2.36. The highest BCUT2D eigenvalue weighted by Crippen LogP contribution is 2.48. The molecule has 2 aromatic rings. The third-order valence-electron chi connectivity index (χ3n) is 4.69. The Morgan fingerprint density at radius 3 is 2.39 bits per heavy atom. The Labute approximate surface area is 162 Å². The minimum absolute atomic E-state index is 0.0275. The van der Waals surface area contributed by atoms with Crippen LogP contribution in [0.2, 0.25) is 5.02 Å². The standard InChI is InChI=1S/C17H14ClF4N5O/c1-15(27-26-13(28-15)17(20,21)22)10-7-23-14(24-8-10)25-16(4-5-16)9-2-3-12(19)11(18)6-9/h2-3,6-8,27H,4-5H2,1H3,(H,23,24,25). The van der Waals surface area contributed by atoms with Gasteiger partial charge in [-0.25, -0.2) is 14.4 Å². The summed E-state index contributed by atoms with van der Waals surface area (Å²) in [6.07, 6.45) is -0.422. The van der Waals surface area contributed by atoms with Gasteiger partial charge in [0.15, 0.2) is 0 Å². The van der Waals surface area contributed by atoms with Crippen LogP contribution in [-0.4, -0.2) is 22.0 Å². The number of rotatable bonds is 4. The molecule has 1 saturated carbocycles. The quantitative estimate of drug-likeness (QED) is 0.737. The lowest BCUT2D eigenvalue weighted by Gasteiger charge is -2.24. The van der Waals surface area contributed by atoms with Gasteiger partial charge in [0.25, 0.3) is 0 Å². The number of aromatic nitrogens is 2. The van der Waals surface area contributed by atoms with Gasteiger partial charge in [-0.15, -0.1) is 5.10 Å². The van der Waals surface area contributed by atoms with Crippen LogP contribution in [0.5, 0.6) is 0 Å². The number of halogens is 5. The Balaban J connectivity index is 1.49. The van der Waals surface area contributed by atoms with Crippen molar-refractivity contribution in [1.29, 1.82) is 0 Å². The van der Waals surface area contributed by atoms with Crippen molar-refractivity contribution < 1.29 is 22.3 Å². The Morgan fingerprint density at radius 2 is 1.86 bits per heavy atom. The summed E-state index contributed by atoms with van der Waals surface area (Å²) in [7, 11) is 0. The molecule has 28 heavy (non-hydrogen) atoms. The minimum Gasteiger partial charge on any atom is -0.441 e. The van der Waals surface area contributed by atoms with Crippen LogP contribution in [0.1, 0.15) is 30.9 Å². The van der Waals surface area contributed by atoms with Crippen molar-refractivity contribution in [2.24, 2.45) is 5.10 Å². The van der Waals surface area contributed by atoms with Crippen molar-refractivity contribution in [3.8, 4) is 0 Å². The normalized spacial score (nSPS) is 22.9. The maximum absolute atomic E-state index is 13.4. The average molecular weight is 416 g/mol. The van der Waals surface area contributed by atoms with E-state index in [1.165, 1.54) is 25.4 Å². The molecule has 1 aromatic heterocycles. The van der Waals surface area contributed by atoms with Crippen LogP contribution in [0.25, 0.3) is 0 Å². The highest BCUT2D eigenvalue weighted by atomic mass is 35.5. The molecule has 1 aliphatic carbocycles. The molecule has 6 nitrogen and oxygen atoms in total. The molecule has 2 N–H and O–H groups in total. The van der Waals surface area contributed by atoms with E-state index in [0.717, 1.165) is 18.4 Å². The third kappa shape index (κ3) is 3.32. The first-order chi connectivity index (χ1) is 13.1. The third-order valence-corrected chi connectivity index (χ3v) is 4.98. The molecule has 1 atom stereocenters. The van der Waals surface area contributed by atoms with E-state index in [1.54, 1.807) is 12.1 Å². The van der Waals surface area contributed by atoms with E-state index in [4.69, 9.17) is 16.3 Å². The molecule has 4 rings (SSSR count). The number of ether oxygens (including phenoxy) is 1. The van der Waals surface area contributed by atoms with Crippen molar-refractivity contribution in [2.45, 2.75) is 37.2 Å². The molecule has 148 valence electrons. The second-order valence-electron chi connectivity index (χ2n) is 6.79. The molecule has 0 saturated heterocycles. The molecular weight excluding hydrogens is 402 g/mol. The molecule has 2 heterocycles. The van der Waals surface area contributed by atoms with Gasteiger partial charge in [0, 0.05) is 19.3 Å². The molecule has 1 fully saturated rings. The molecule has 1 aliphatic heterocycles. The number of alkyl halides is 3. The first-order valence-corrected chi connectivity index (χ1v) is 8.66. The molecule has 0 bridgehead atoms. The van der Waals surface area contributed by atoms with Crippen LogP contribution in [0.4, 0.5) is 23.5 Å². The highest BCUT2D eigenvalue weighted by Gasteiger charge is 2.48. The van der Waals surface area contributed by atoms with Gasteiger partial charge in [-0.2, -0.15) is 13.2 Å². The zero-order valence-corrected chi connectivity index (χ0v) is 15.2. The number of benzene rings is 1. The largest absolute Gasteiger partial charge is 0.470 e. The lowest BCUT2D eigenvalue weighted by atomic mass is 10.1. The molecule has 0 amide bonds. The molecule has 1 unspecified atom stereocenters. The van der Waals surface area contributed by atoms with Gasteiger partial charge in [-0.05, 0) is 30.5 Å². The summed E-state index contributed by atoms with van der Waals surface area (Å²) in [5.41, 5.74) is 1.43. The summed E-state index contributed by atoms with van der Waals surface area (Å²) in [5.74, 6) is -1.58. The predicted octanol–water partition coefficient (Wildman–Crippen LogP) is 4.04. The van der Waals surface area contributed by atoms with Crippen LogP contribution in [0.15, 0.2) is 35.7 Å². The highest BCUT2D eigenvalue weighted by molar-refractivity contribution is 6.30. The zero-order valence-electron chi connectivity index (χ0n) is 14.4. The molecule has 1 aromatic carbocycles. The van der Waals surface area contributed by atoms with E-state index in [9.17, 15) is 17.6 Å². The van der Waals surface area contributed by atoms with Gasteiger partial charge in [0.2, 0.25) is 11.7 Å². The van der Waals surface area contributed by atoms with Gasteiger partial charge in [0.1, 0.15) is 5.82 Å². The van der Waals surface area contributed by atoms with E-state index in [1.807, 2.05) is 0 Å². The second-order valence-corrected chi connectivity index (χ2v) is 7.20. The number of nitrogens with zero attached hydrogens (tertiary/aromatic N) is 3. The summed E-state index contributed by atoms with van der Waals surface area (Å²) >= 11 is 5.86. The number of anilines is 1. The monoisotopic (exact) mass is 415 g/mol. The van der Waals surface area contributed by atoms with Gasteiger partial charge in [-0.1, -0.05) is 17.7 Å². The first kappa shape index (κ1) is 18.7. The number of hydrogen-bond donors (Lipinski definition) is 2. The predicted molar refractivity (Wildman–Crippen MR) is 93.0 cm³/mol. The van der Waals surface area contributed by atoms with Gasteiger partial charge in [0.05, 0.1) is 16.1 Å². The summed E-state index contributed by atoms with van der Waals surface area (Å²) in [5, 5.41) is 6.40. The van der Waals surface area contributed by atoms with E-state index >= 15 is 0 Å². The zero-order chi connectivity index (χ0) is 20.2.